The van der Waals surface area contributed by atoms with Crippen LogP contribution < -0.4 is 5.73 Å². The van der Waals surface area contributed by atoms with Crippen LogP contribution in [0, 0.1) is 11.8 Å². The lowest BCUT2D eigenvalue weighted by Crippen LogP contribution is -2.36. The average molecular weight is 139 g/mol. The minimum Gasteiger partial charge on any atom is -0.327 e. The van der Waals surface area contributed by atoms with Gasteiger partial charge in [-0.2, -0.15) is 0 Å². The van der Waals surface area contributed by atoms with E-state index in [2.05, 4.69) is 26.8 Å². The summed E-state index contributed by atoms with van der Waals surface area (Å²) in [6.07, 6.45) is 3.48. The summed E-state index contributed by atoms with van der Waals surface area (Å²) in [6, 6.07) is 0.378. The fourth-order valence-corrected chi connectivity index (χ4v) is 1.79. The van der Waals surface area contributed by atoms with Crippen molar-refractivity contribution in [1.29, 1.82) is 0 Å². The van der Waals surface area contributed by atoms with E-state index < -0.39 is 0 Å². The van der Waals surface area contributed by atoms with Gasteiger partial charge < -0.3 is 5.73 Å². The molecule has 0 unspecified atom stereocenters. The van der Waals surface area contributed by atoms with E-state index in [4.69, 9.17) is 5.73 Å². The minimum absolute atomic E-state index is 0.378. The van der Waals surface area contributed by atoms with Crippen molar-refractivity contribution in [3.8, 4) is 0 Å². The molecule has 0 aliphatic heterocycles. The van der Waals surface area contributed by atoms with E-state index in [0.717, 1.165) is 0 Å². The van der Waals surface area contributed by atoms with Gasteiger partial charge in [0, 0.05) is 6.04 Å². The zero-order valence-electron chi connectivity index (χ0n) is 7.09. The largest absolute Gasteiger partial charge is 0.327 e. The molecular formula is C9H17N. The first-order chi connectivity index (χ1) is 4.61. The average Bonchev–Trinajstić information content (AvgIpc) is 1.82. The zero-order valence-corrected chi connectivity index (χ0v) is 7.09. The summed E-state index contributed by atoms with van der Waals surface area (Å²) in [5.41, 5.74) is 7.44. The van der Waals surface area contributed by atoms with E-state index in [1.807, 2.05) is 0 Å². The maximum absolute atomic E-state index is 5.94. The number of allylic oxidation sites excluding steroid dienone is 1. The number of nitrogens with two attached hydrogens (primary N) is 1. The predicted molar refractivity (Wildman–Crippen MR) is 44.7 cm³/mol. The normalized spacial score (nSPS) is 41.2. The Morgan fingerprint density at radius 2 is 2.10 bits per heavy atom. The number of hydrogen-bond acceptors (Lipinski definition) is 1. The Kier molecular flexibility index (Phi) is 2.14. The summed E-state index contributed by atoms with van der Waals surface area (Å²) >= 11 is 0. The van der Waals surface area contributed by atoms with Crippen molar-refractivity contribution in [2.45, 2.75) is 33.2 Å². The van der Waals surface area contributed by atoms with Crippen LogP contribution in [-0.2, 0) is 0 Å². The summed E-state index contributed by atoms with van der Waals surface area (Å²) in [4.78, 5) is 0. The molecule has 3 atom stereocenters. The lowest BCUT2D eigenvalue weighted by Gasteiger charge is -2.29. The van der Waals surface area contributed by atoms with Gasteiger partial charge in [0.2, 0.25) is 0 Å². The molecule has 0 aromatic rings. The van der Waals surface area contributed by atoms with Gasteiger partial charge in [0.05, 0.1) is 0 Å². The third-order valence-electron chi connectivity index (χ3n) is 2.46. The van der Waals surface area contributed by atoms with Gasteiger partial charge in [0.15, 0.2) is 0 Å². The molecule has 0 aromatic heterocycles. The molecule has 0 fully saturated rings. The maximum Gasteiger partial charge on any atom is 0.0128 e. The Hall–Kier alpha value is -0.300. The van der Waals surface area contributed by atoms with Crippen molar-refractivity contribution < 1.29 is 0 Å². The quantitative estimate of drug-likeness (QED) is 0.510. The molecule has 1 heteroatoms. The molecule has 0 radical (unpaired) electrons. The van der Waals surface area contributed by atoms with E-state index in [9.17, 15) is 0 Å². The molecule has 58 valence electrons. The second-order valence-electron chi connectivity index (χ2n) is 3.63. The monoisotopic (exact) mass is 139 g/mol. The Bertz CT molecular complexity index is 149. The van der Waals surface area contributed by atoms with Gasteiger partial charge in [0.1, 0.15) is 0 Å². The van der Waals surface area contributed by atoms with Crippen molar-refractivity contribution in [2.75, 3.05) is 0 Å². The van der Waals surface area contributed by atoms with Crippen LogP contribution in [0.1, 0.15) is 27.2 Å². The van der Waals surface area contributed by atoms with Gasteiger partial charge in [-0.05, 0) is 25.2 Å². The van der Waals surface area contributed by atoms with Gasteiger partial charge in [-0.25, -0.2) is 0 Å². The summed E-state index contributed by atoms with van der Waals surface area (Å²) in [7, 11) is 0. The third kappa shape index (κ3) is 1.40. The molecule has 0 aromatic carbocycles. The lowest BCUT2D eigenvalue weighted by molar-refractivity contribution is 0.363. The smallest absolute Gasteiger partial charge is 0.0128 e. The van der Waals surface area contributed by atoms with E-state index in [-0.39, 0.29) is 0 Å². The molecule has 1 aliphatic rings. The van der Waals surface area contributed by atoms with Gasteiger partial charge >= 0.3 is 0 Å². The van der Waals surface area contributed by atoms with Crippen LogP contribution in [0.15, 0.2) is 11.6 Å². The zero-order chi connectivity index (χ0) is 7.72. The molecule has 1 aliphatic carbocycles. The van der Waals surface area contributed by atoms with Crippen LogP contribution in [0.3, 0.4) is 0 Å². The highest BCUT2D eigenvalue weighted by Gasteiger charge is 2.22. The Balaban J connectivity index is 2.69. The number of hydrogen-bond donors (Lipinski definition) is 1. The number of rotatable bonds is 0. The van der Waals surface area contributed by atoms with Gasteiger partial charge in [-0.3, -0.25) is 0 Å². The van der Waals surface area contributed by atoms with Crippen molar-refractivity contribution in [1.82, 2.24) is 0 Å². The first kappa shape index (κ1) is 7.80. The highest BCUT2D eigenvalue weighted by molar-refractivity contribution is 5.09. The summed E-state index contributed by atoms with van der Waals surface area (Å²) in [5.74, 6) is 1.24. The molecule has 1 rings (SSSR count). The molecule has 1 nitrogen and oxygen atoms in total. The fraction of sp³-hybridized carbons (Fsp3) is 0.778. The van der Waals surface area contributed by atoms with Crippen molar-refractivity contribution in [3.63, 3.8) is 0 Å². The topological polar surface area (TPSA) is 26.0 Å². The first-order valence-corrected chi connectivity index (χ1v) is 4.04. The summed E-state index contributed by atoms with van der Waals surface area (Å²) < 4.78 is 0. The van der Waals surface area contributed by atoms with Crippen molar-refractivity contribution in [3.05, 3.63) is 11.6 Å². The molecule has 0 bridgehead atoms. The van der Waals surface area contributed by atoms with Gasteiger partial charge in [0.25, 0.3) is 0 Å². The van der Waals surface area contributed by atoms with E-state index in [1.54, 1.807) is 0 Å². The van der Waals surface area contributed by atoms with Gasteiger partial charge in [-0.1, -0.05) is 25.5 Å². The highest BCUT2D eigenvalue weighted by atomic mass is 14.7. The molecule has 0 saturated carbocycles. The second kappa shape index (κ2) is 2.75. The lowest BCUT2D eigenvalue weighted by atomic mass is 9.81. The summed E-state index contributed by atoms with van der Waals surface area (Å²) in [6.45, 7) is 6.63. The molecular weight excluding hydrogens is 122 g/mol. The molecule has 0 saturated heterocycles. The molecule has 0 spiro atoms. The molecule has 2 N–H and O–H groups in total. The standard InChI is InChI=1S/C9H17N/c1-6-4-7(2)9(10)8(3)5-6/h4,7-9H,5,10H2,1-3H3/t7-,8+,9-/m0/s1. The Morgan fingerprint density at radius 1 is 1.50 bits per heavy atom. The van der Waals surface area contributed by atoms with Crippen LogP contribution in [0.4, 0.5) is 0 Å². The molecule has 0 amide bonds. The SMILES string of the molecule is CC1=C[C@H](C)[C@H](N)[C@H](C)C1. The second-order valence-corrected chi connectivity index (χ2v) is 3.63. The highest BCUT2D eigenvalue weighted by Crippen LogP contribution is 2.25. The minimum atomic E-state index is 0.378. The van der Waals surface area contributed by atoms with Crippen LogP contribution in [0.2, 0.25) is 0 Å². The van der Waals surface area contributed by atoms with E-state index in [0.29, 0.717) is 17.9 Å². The maximum atomic E-state index is 5.94. The summed E-state index contributed by atoms with van der Waals surface area (Å²) in [5, 5.41) is 0. The van der Waals surface area contributed by atoms with Crippen LogP contribution >= 0.6 is 0 Å². The van der Waals surface area contributed by atoms with E-state index >= 15 is 0 Å². The van der Waals surface area contributed by atoms with Crippen molar-refractivity contribution in [2.24, 2.45) is 17.6 Å². The molecule has 0 heterocycles. The van der Waals surface area contributed by atoms with Crippen LogP contribution in [0.25, 0.3) is 0 Å². The third-order valence-corrected chi connectivity index (χ3v) is 2.46. The van der Waals surface area contributed by atoms with Crippen LogP contribution in [0.5, 0.6) is 0 Å². The van der Waals surface area contributed by atoms with Gasteiger partial charge in [-0.15, -0.1) is 0 Å². The Labute approximate surface area is 63.3 Å². The fourth-order valence-electron chi connectivity index (χ4n) is 1.79. The molecule has 10 heavy (non-hydrogen) atoms. The Morgan fingerprint density at radius 3 is 2.60 bits per heavy atom. The van der Waals surface area contributed by atoms with E-state index in [1.165, 1.54) is 12.0 Å². The van der Waals surface area contributed by atoms with Crippen LogP contribution in [-0.4, -0.2) is 6.04 Å². The first-order valence-electron chi connectivity index (χ1n) is 4.04. The van der Waals surface area contributed by atoms with Crippen molar-refractivity contribution >= 4 is 0 Å². The predicted octanol–water partition coefficient (Wildman–Crippen LogP) is 1.94.